The van der Waals surface area contributed by atoms with Gasteiger partial charge in [0.05, 0.1) is 6.04 Å². The quantitative estimate of drug-likeness (QED) is 0.415. The minimum Gasteiger partial charge on any atom is -0.375 e. The van der Waals surface area contributed by atoms with Gasteiger partial charge in [-0.1, -0.05) is 30.3 Å². The Hall–Kier alpha value is -2.00. The molecule has 0 amide bonds. The van der Waals surface area contributed by atoms with Gasteiger partial charge in [-0.15, -0.1) is 0 Å². The molecule has 0 aromatic heterocycles. The molecule has 8 heteroatoms. The summed E-state index contributed by atoms with van der Waals surface area (Å²) in [5.74, 6) is 0.674. The summed E-state index contributed by atoms with van der Waals surface area (Å²) in [5, 5.41) is 0.185. The highest BCUT2D eigenvalue weighted by Crippen LogP contribution is 2.31. The van der Waals surface area contributed by atoms with Crippen LogP contribution in [-0.4, -0.2) is 84.9 Å². The Morgan fingerprint density at radius 1 is 1.06 bits per heavy atom. The lowest BCUT2D eigenvalue weighted by molar-refractivity contribution is 0.111. The van der Waals surface area contributed by atoms with Gasteiger partial charge < -0.3 is 15.5 Å². The first-order valence-corrected chi connectivity index (χ1v) is 12.5. The van der Waals surface area contributed by atoms with Gasteiger partial charge in [0.15, 0.2) is 5.11 Å². The van der Waals surface area contributed by atoms with Crippen molar-refractivity contribution in [2.45, 2.75) is 31.5 Å². The molecule has 33 heavy (non-hydrogen) atoms. The van der Waals surface area contributed by atoms with Gasteiger partial charge in [-0.25, -0.2) is 9.82 Å². The van der Waals surface area contributed by atoms with Gasteiger partial charge >= 0.3 is 0 Å². The molecular formula is C25H37FN6S. The Morgan fingerprint density at radius 3 is 2.42 bits per heavy atom. The topological polar surface area (TPSA) is 59.8 Å². The smallest absolute Gasteiger partial charge is 0.178 e. The van der Waals surface area contributed by atoms with Gasteiger partial charge in [0.25, 0.3) is 0 Å². The summed E-state index contributed by atoms with van der Waals surface area (Å²) in [7, 11) is 2.15. The van der Waals surface area contributed by atoms with Crippen LogP contribution >= 0.6 is 12.2 Å². The normalized spacial score (nSPS) is 25.5. The molecule has 0 radical (unpaired) electrons. The molecule has 3 aliphatic rings. The van der Waals surface area contributed by atoms with Crippen molar-refractivity contribution in [3.05, 3.63) is 59.3 Å². The van der Waals surface area contributed by atoms with Crippen LogP contribution in [0.1, 0.15) is 18.4 Å². The lowest BCUT2D eigenvalue weighted by Crippen LogP contribution is -2.50. The van der Waals surface area contributed by atoms with Crippen LogP contribution in [0.15, 0.2) is 53.8 Å². The van der Waals surface area contributed by atoms with E-state index < -0.39 is 6.17 Å². The average molecular weight is 473 g/mol. The van der Waals surface area contributed by atoms with Gasteiger partial charge in [-0.3, -0.25) is 10.3 Å². The van der Waals surface area contributed by atoms with Gasteiger partial charge in [0.2, 0.25) is 0 Å². The van der Waals surface area contributed by atoms with Crippen LogP contribution in [0.3, 0.4) is 0 Å². The zero-order valence-corrected chi connectivity index (χ0v) is 20.4. The van der Waals surface area contributed by atoms with Crippen LogP contribution in [0.2, 0.25) is 0 Å². The van der Waals surface area contributed by atoms with E-state index in [0.717, 1.165) is 69.8 Å². The number of hydrogen-bond acceptors (Lipinski definition) is 5. The molecule has 1 aliphatic carbocycles. The Morgan fingerprint density at radius 2 is 1.76 bits per heavy atom. The van der Waals surface area contributed by atoms with Crippen molar-refractivity contribution in [1.82, 2.24) is 25.6 Å². The Bertz CT molecular complexity index is 844. The van der Waals surface area contributed by atoms with Gasteiger partial charge in [0.1, 0.15) is 6.17 Å². The van der Waals surface area contributed by atoms with E-state index in [-0.39, 0.29) is 11.2 Å². The highest BCUT2D eigenvalue weighted by Gasteiger charge is 2.34. The third kappa shape index (κ3) is 6.53. The van der Waals surface area contributed by atoms with Gasteiger partial charge in [-0.05, 0) is 80.8 Å². The van der Waals surface area contributed by atoms with Crippen LogP contribution in [0, 0.1) is 5.92 Å². The van der Waals surface area contributed by atoms with Crippen molar-refractivity contribution in [3.8, 4) is 0 Å². The number of nitrogens with two attached hydrogens (primary N) is 1. The minimum absolute atomic E-state index is 0.185. The molecule has 0 bridgehead atoms. The Balaban J connectivity index is 1.42. The maximum Gasteiger partial charge on any atom is 0.178 e. The number of likely N-dealkylation sites (N-methyl/N-ethyl adjacent to an activating group) is 1. The molecule has 1 aromatic carbocycles. The largest absolute Gasteiger partial charge is 0.375 e. The summed E-state index contributed by atoms with van der Waals surface area (Å²) in [6.07, 6.45) is 6.30. The van der Waals surface area contributed by atoms with E-state index in [4.69, 9.17) is 18.0 Å². The molecule has 2 heterocycles. The molecular weight excluding hydrogens is 435 g/mol. The third-order valence-corrected chi connectivity index (χ3v) is 7.22. The molecule has 2 unspecified atom stereocenters. The first-order chi connectivity index (χ1) is 16.0. The van der Waals surface area contributed by atoms with Crippen molar-refractivity contribution in [1.29, 1.82) is 0 Å². The van der Waals surface area contributed by atoms with Crippen molar-refractivity contribution >= 4 is 17.3 Å². The fourth-order valence-electron chi connectivity index (χ4n) is 5.18. The van der Waals surface area contributed by atoms with E-state index in [1.165, 1.54) is 5.56 Å². The number of likely N-dealkylation sites (tertiary alicyclic amines) is 1. The number of hydrazine groups is 1. The SMILES string of the molecule is CN1CCN(C2=CC(N3CCC(Cc4ccccc4)CC3)C(F)C=C2CNNC(N)=S)CC1. The maximum atomic E-state index is 15.4. The molecule has 4 N–H and O–H groups in total. The van der Waals surface area contributed by atoms with E-state index in [1.807, 2.05) is 0 Å². The average Bonchev–Trinajstić information content (AvgIpc) is 2.81. The molecule has 2 saturated heterocycles. The number of nitrogens with one attached hydrogen (secondary N) is 2. The predicted molar refractivity (Wildman–Crippen MR) is 136 cm³/mol. The molecule has 2 aliphatic heterocycles. The highest BCUT2D eigenvalue weighted by molar-refractivity contribution is 7.80. The molecule has 2 fully saturated rings. The fourth-order valence-corrected chi connectivity index (χ4v) is 5.25. The second kappa shape index (κ2) is 11.4. The highest BCUT2D eigenvalue weighted by atomic mass is 32.1. The summed E-state index contributed by atoms with van der Waals surface area (Å²) in [5.41, 5.74) is 14.8. The number of piperazine rings is 1. The number of benzene rings is 1. The number of halogens is 1. The summed E-state index contributed by atoms with van der Waals surface area (Å²) < 4.78 is 15.4. The van der Waals surface area contributed by atoms with Crippen molar-refractivity contribution in [2.24, 2.45) is 11.7 Å². The second-order valence-corrected chi connectivity index (χ2v) is 9.92. The zero-order valence-electron chi connectivity index (χ0n) is 19.5. The number of rotatable bonds is 7. The molecule has 180 valence electrons. The Labute approximate surface area is 202 Å². The first kappa shape index (κ1) is 24.1. The monoisotopic (exact) mass is 472 g/mol. The fraction of sp³-hybridized carbons (Fsp3) is 0.560. The summed E-state index contributed by atoms with van der Waals surface area (Å²) in [6, 6.07) is 10.5. The van der Waals surface area contributed by atoms with E-state index in [9.17, 15) is 0 Å². The number of alkyl halides is 1. The number of piperidine rings is 1. The summed E-state index contributed by atoms with van der Waals surface area (Å²) >= 11 is 4.88. The third-order valence-electron chi connectivity index (χ3n) is 7.12. The van der Waals surface area contributed by atoms with Crippen LogP contribution < -0.4 is 16.6 Å². The lowest BCUT2D eigenvalue weighted by atomic mass is 9.88. The van der Waals surface area contributed by atoms with Crippen LogP contribution in [0.25, 0.3) is 0 Å². The number of thiocarbonyl (C=S) groups is 1. The predicted octanol–water partition coefficient (Wildman–Crippen LogP) is 2.06. The first-order valence-electron chi connectivity index (χ1n) is 12.1. The van der Waals surface area contributed by atoms with E-state index in [2.05, 4.69) is 69.0 Å². The molecule has 0 spiro atoms. The van der Waals surface area contributed by atoms with Crippen LogP contribution in [0.4, 0.5) is 4.39 Å². The zero-order chi connectivity index (χ0) is 23.2. The number of nitrogens with zero attached hydrogens (tertiary/aromatic N) is 3. The summed E-state index contributed by atoms with van der Waals surface area (Å²) in [6.45, 7) is 6.28. The number of hydrogen-bond donors (Lipinski definition) is 3. The van der Waals surface area contributed by atoms with Crippen molar-refractivity contribution < 1.29 is 4.39 Å². The molecule has 0 saturated carbocycles. The molecule has 2 atom stereocenters. The Kier molecular flexibility index (Phi) is 8.35. The molecule has 6 nitrogen and oxygen atoms in total. The van der Waals surface area contributed by atoms with Crippen LogP contribution in [-0.2, 0) is 6.42 Å². The molecule has 1 aromatic rings. The van der Waals surface area contributed by atoms with E-state index in [0.29, 0.717) is 12.5 Å². The van der Waals surface area contributed by atoms with Gasteiger partial charge in [0, 0.05) is 38.4 Å². The lowest BCUT2D eigenvalue weighted by Gasteiger charge is -2.42. The van der Waals surface area contributed by atoms with E-state index >= 15 is 4.39 Å². The van der Waals surface area contributed by atoms with Crippen molar-refractivity contribution in [3.63, 3.8) is 0 Å². The second-order valence-electron chi connectivity index (χ2n) is 9.48. The minimum atomic E-state index is -1.02. The van der Waals surface area contributed by atoms with E-state index in [1.54, 1.807) is 6.08 Å². The van der Waals surface area contributed by atoms with Gasteiger partial charge in [-0.2, -0.15) is 0 Å². The standard InChI is InChI=1S/C25H37FN6S/c1-30-11-13-32(14-12-30)23-17-24(22(26)16-21(23)18-28-29-25(27)33)31-9-7-20(8-10-31)15-19-5-3-2-4-6-19/h2-6,16-17,20,22,24,28H,7-15,18H2,1H3,(H3,27,29,33). The summed E-state index contributed by atoms with van der Waals surface area (Å²) in [4.78, 5) is 7.08. The van der Waals surface area contributed by atoms with Crippen LogP contribution in [0.5, 0.6) is 0 Å². The molecule has 4 rings (SSSR count). The van der Waals surface area contributed by atoms with Crippen molar-refractivity contribution in [2.75, 3.05) is 52.9 Å². The maximum absolute atomic E-state index is 15.4.